The third-order valence-electron chi connectivity index (χ3n) is 5.58. The number of benzene rings is 1. The first-order valence-corrected chi connectivity index (χ1v) is 11.4. The summed E-state index contributed by atoms with van der Waals surface area (Å²) < 4.78 is 11.0. The Hall–Kier alpha value is -1.89. The second-order valence-electron chi connectivity index (χ2n) is 8.04. The number of ether oxygens (including phenoxy) is 2. The van der Waals surface area contributed by atoms with Crippen LogP contribution in [-0.2, 0) is 27.3 Å². The quantitative estimate of drug-likeness (QED) is 0.529. The van der Waals surface area contributed by atoms with Gasteiger partial charge in [0, 0.05) is 23.0 Å². The fourth-order valence-electron chi connectivity index (χ4n) is 3.36. The first-order chi connectivity index (χ1) is 14.3. The number of nitrogens with zero attached hydrogens (tertiary/aromatic N) is 1. The van der Waals surface area contributed by atoms with E-state index in [-0.39, 0.29) is 11.9 Å². The van der Waals surface area contributed by atoms with Gasteiger partial charge in [-0.1, -0.05) is 36.7 Å². The number of halogens is 1. The second kappa shape index (κ2) is 9.50. The summed E-state index contributed by atoms with van der Waals surface area (Å²) in [6.07, 6.45) is 1.48. The van der Waals surface area contributed by atoms with Crippen LogP contribution in [0.1, 0.15) is 56.2 Å². The highest BCUT2D eigenvalue weighted by molar-refractivity contribution is 7.14. The minimum atomic E-state index is -0.572. The lowest BCUT2D eigenvalue weighted by atomic mass is 9.91. The molecule has 0 amide bonds. The van der Waals surface area contributed by atoms with Crippen molar-refractivity contribution < 1.29 is 19.1 Å². The number of rotatable bonds is 7. The third-order valence-corrected chi connectivity index (χ3v) is 7.04. The number of esters is 2. The molecule has 30 heavy (non-hydrogen) atoms. The van der Waals surface area contributed by atoms with Crippen molar-refractivity contribution in [3.63, 3.8) is 0 Å². The van der Waals surface area contributed by atoms with Gasteiger partial charge >= 0.3 is 11.9 Å². The SMILES string of the molecule is CCOC(=O)[C@H](c1ccccc1Cl)N1CCc2sc(OC(=O)C(C)(C)CC)cc2C1. The summed E-state index contributed by atoms with van der Waals surface area (Å²) in [5.41, 5.74) is 1.30. The van der Waals surface area contributed by atoms with Crippen molar-refractivity contribution in [2.75, 3.05) is 13.2 Å². The van der Waals surface area contributed by atoms with Gasteiger partial charge in [0.25, 0.3) is 0 Å². The molecule has 2 aromatic rings. The average Bonchev–Trinajstić information content (AvgIpc) is 3.11. The molecule has 0 radical (unpaired) electrons. The van der Waals surface area contributed by atoms with Gasteiger partial charge in [-0.25, -0.2) is 4.79 Å². The Labute approximate surface area is 186 Å². The van der Waals surface area contributed by atoms with Crippen LogP contribution in [-0.4, -0.2) is 30.0 Å². The Bertz CT molecular complexity index is 924. The number of fused-ring (bicyclic) bond motifs is 1. The molecule has 0 N–H and O–H groups in total. The minimum absolute atomic E-state index is 0.221. The van der Waals surface area contributed by atoms with Crippen LogP contribution < -0.4 is 4.74 Å². The summed E-state index contributed by atoms with van der Waals surface area (Å²) in [5.74, 6) is -0.526. The van der Waals surface area contributed by atoms with Crippen LogP contribution in [0.25, 0.3) is 0 Å². The molecule has 0 aliphatic carbocycles. The lowest BCUT2D eigenvalue weighted by Crippen LogP contribution is -2.38. The van der Waals surface area contributed by atoms with E-state index in [2.05, 4.69) is 4.90 Å². The molecular formula is C23H28ClNO4S. The molecule has 1 aliphatic heterocycles. The maximum absolute atomic E-state index is 12.8. The third kappa shape index (κ3) is 4.88. The Kier molecular flexibility index (Phi) is 7.22. The first-order valence-electron chi connectivity index (χ1n) is 10.3. The number of carbonyl (C=O) groups excluding carboxylic acids is 2. The highest BCUT2D eigenvalue weighted by Crippen LogP contribution is 2.38. The van der Waals surface area contributed by atoms with Crippen LogP contribution in [0.3, 0.4) is 0 Å². The average molecular weight is 450 g/mol. The van der Waals surface area contributed by atoms with E-state index in [0.29, 0.717) is 36.2 Å². The molecule has 1 aliphatic rings. The number of carbonyl (C=O) groups is 2. The van der Waals surface area contributed by atoms with Crippen molar-refractivity contribution >= 4 is 34.9 Å². The van der Waals surface area contributed by atoms with Crippen molar-refractivity contribution in [2.24, 2.45) is 5.41 Å². The van der Waals surface area contributed by atoms with Gasteiger partial charge in [-0.15, -0.1) is 11.3 Å². The molecule has 0 fully saturated rings. The zero-order valence-corrected chi connectivity index (χ0v) is 19.4. The minimum Gasteiger partial charge on any atom is -0.465 e. The molecule has 5 nitrogen and oxygen atoms in total. The summed E-state index contributed by atoms with van der Waals surface area (Å²) in [4.78, 5) is 28.5. The van der Waals surface area contributed by atoms with E-state index in [0.717, 1.165) is 17.5 Å². The maximum Gasteiger partial charge on any atom is 0.328 e. The largest absolute Gasteiger partial charge is 0.465 e. The Morgan fingerprint density at radius 1 is 1.27 bits per heavy atom. The predicted octanol–water partition coefficient (Wildman–Crippen LogP) is 5.41. The van der Waals surface area contributed by atoms with Gasteiger partial charge in [0.2, 0.25) is 0 Å². The topological polar surface area (TPSA) is 55.8 Å². The van der Waals surface area contributed by atoms with Crippen LogP contribution in [0.2, 0.25) is 5.02 Å². The molecule has 1 atom stereocenters. The van der Waals surface area contributed by atoms with E-state index < -0.39 is 11.5 Å². The van der Waals surface area contributed by atoms with Crippen LogP contribution in [0.5, 0.6) is 5.06 Å². The van der Waals surface area contributed by atoms with Crippen molar-refractivity contribution in [1.29, 1.82) is 0 Å². The summed E-state index contributed by atoms with van der Waals surface area (Å²) in [6, 6.07) is 8.73. The van der Waals surface area contributed by atoms with E-state index in [1.807, 2.05) is 45.0 Å². The van der Waals surface area contributed by atoms with Crippen molar-refractivity contribution in [1.82, 2.24) is 4.90 Å². The van der Waals surface area contributed by atoms with Crippen molar-refractivity contribution in [2.45, 2.75) is 53.1 Å². The van der Waals surface area contributed by atoms with Crippen molar-refractivity contribution in [3.05, 3.63) is 51.4 Å². The summed E-state index contributed by atoms with van der Waals surface area (Å²) >= 11 is 7.92. The molecular weight excluding hydrogens is 422 g/mol. The van der Waals surface area contributed by atoms with Gasteiger partial charge in [0.05, 0.1) is 12.0 Å². The molecule has 0 spiro atoms. The molecule has 3 rings (SSSR count). The van der Waals surface area contributed by atoms with Gasteiger partial charge in [-0.05, 0) is 56.9 Å². The van der Waals surface area contributed by atoms with Crippen LogP contribution in [0.15, 0.2) is 30.3 Å². The lowest BCUT2D eigenvalue weighted by molar-refractivity contribution is -0.150. The summed E-state index contributed by atoms with van der Waals surface area (Å²) in [5, 5.41) is 1.15. The summed E-state index contributed by atoms with van der Waals surface area (Å²) in [6.45, 7) is 9.11. The molecule has 0 unspecified atom stereocenters. The molecule has 1 aromatic carbocycles. The van der Waals surface area contributed by atoms with Crippen LogP contribution in [0, 0.1) is 5.41 Å². The van der Waals surface area contributed by atoms with Crippen LogP contribution >= 0.6 is 22.9 Å². The molecule has 2 heterocycles. The maximum atomic E-state index is 12.8. The number of thiophene rings is 1. The van der Waals surface area contributed by atoms with Gasteiger partial charge in [0.1, 0.15) is 6.04 Å². The smallest absolute Gasteiger partial charge is 0.328 e. The van der Waals surface area contributed by atoms with Gasteiger partial charge in [-0.3, -0.25) is 9.69 Å². The van der Waals surface area contributed by atoms with E-state index in [9.17, 15) is 9.59 Å². The van der Waals surface area contributed by atoms with Gasteiger partial charge in [0.15, 0.2) is 5.06 Å². The fourth-order valence-corrected chi connectivity index (χ4v) is 4.61. The molecule has 0 bridgehead atoms. The van der Waals surface area contributed by atoms with E-state index >= 15 is 0 Å². The van der Waals surface area contributed by atoms with E-state index in [4.69, 9.17) is 21.1 Å². The van der Waals surface area contributed by atoms with Crippen LogP contribution in [0.4, 0.5) is 0 Å². The Morgan fingerprint density at radius 2 is 2.00 bits per heavy atom. The van der Waals surface area contributed by atoms with Gasteiger partial charge in [-0.2, -0.15) is 0 Å². The summed E-state index contributed by atoms with van der Waals surface area (Å²) in [7, 11) is 0. The lowest BCUT2D eigenvalue weighted by Gasteiger charge is -2.33. The zero-order chi connectivity index (χ0) is 21.9. The fraction of sp³-hybridized carbons (Fsp3) is 0.478. The molecule has 0 saturated heterocycles. The Balaban J connectivity index is 1.83. The molecule has 162 valence electrons. The first kappa shape index (κ1) is 22.8. The van der Waals surface area contributed by atoms with E-state index in [1.54, 1.807) is 13.0 Å². The number of hydrogen-bond donors (Lipinski definition) is 0. The standard InChI is InChI=1S/C23H28ClNO4S/c1-5-23(3,4)22(27)29-19-13-15-14-25(12-11-18(15)30-19)20(21(26)28-6-2)16-9-7-8-10-17(16)24/h7-10,13,20H,5-6,11-12,14H2,1-4H3/t20-/m0/s1. The second-order valence-corrected chi connectivity index (χ2v) is 9.54. The predicted molar refractivity (Wildman–Crippen MR) is 119 cm³/mol. The highest BCUT2D eigenvalue weighted by atomic mass is 35.5. The normalized spacial score (nSPS) is 15.4. The molecule has 0 saturated carbocycles. The Morgan fingerprint density at radius 3 is 2.67 bits per heavy atom. The monoisotopic (exact) mass is 449 g/mol. The molecule has 7 heteroatoms. The van der Waals surface area contributed by atoms with E-state index in [1.165, 1.54) is 16.2 Å². The highest BCUT2D eigenvalue weighted by Gasteiger charge is 2.34. The zero-order valence-electron chi connectivity index (χ0n) is 17.9. The van der Waals surface area contributed by atoms with Crippen molar-refractivity contribution in [3.8, 4) is 5.06 Å². The van der Waals surface area contributed by atoms with Gasteiger partial charge < -0.3 is 9.47 Å². The number of hydrogen-bond acceptors (Lipinski definition) is 6. The molecule has 1 aromatic heterocycles.